The molecule has 198 valence electrons. The number of H-pyrrole nitrogens is 2. The Balaban J connectivity index is 0.000000135. The first kappa shape index (κ1) is 25.0. The number of hydrogen-bond acceptors (Lipinski definition) is 2. The van der Waals surface area contributed by atoms with Gasteiger partial charge in [0, 0.05) is 56.8 Å². The second kappa shape index (κ2) is 10.2. The van der Waals surface area contributed by atoms with Gasteiger partial charge in [0.1, 0.15) is 5.82 Å². The Morgan fingerprint density at radius 1 is 0.683 bits per heavy atom. The fourth-order valence-corrected chi connectivity index (χ4v) is 5.64. The average molecular weight is 555 g/mol. The first-order valence-corrected chi connectivity index (χ1v) is 13.7. The highest BCUT2D eigenvalue weighted by molar-refractivity contribution is 6.35. The molecule has 0 aliphatic rings. The van der Waals surface area contributed by atoms with Crippen LogP contribution in [0, 0.1) is 12.7 Å². The molecule has 0 amide bonds. The van der Waals surface area contributed by atoms with Gasteiger partial charge >= 0.3 is 0 Å². The summed E-state index contributed by atoms with van der Waals surface area (Å²) in [5.74, 6) is -0.305. The summed E-state index contributed by atoms with van der Waals surface area (Å²) in [4.78, 5) is 15.6. The van der Waals surface area contributed by atoms with Gasteiger partial charge in [0.2, 0.25) is 0 Å². The zero-order valence-corrected chi connectivity index (χ0v) is 22.9. The molecule has 4 heterocycles. The summed E-state index contributed by atoms with van der Waals surface area (Å²) < 4.78 is 14.2. The Labute approximate surface area is 240 Å². The molecule has 2 N–H and O–H groups in total. The molecular formula is C35H24ClFN4. The van der Waals surface area contributed by atoms with Crippen molar-refractivity contribution in [3.63, 3.8) is 0 Å². The SMILES string of the molecule is Cc1cccc2c(-c3nccc4ccccc34)c[nH]c12.Fc1ccc(Cl)c2[nH]cc(-c3ccc4ccccc4n3)c12. The van der Waals surface area contributed by atoms with Crippen molar-refractivity contribution in [3.05, 3.63) is 132 Å². The zero-order valence-electron chi connectivity index (χ0n) is 22.1. The van der Waals surface area contributed by atoms with E-state index in [1.807, 2.05) is 42.6 Å². The zero-order chi connectivity index (χ0) is 27.9. The third kappa shape index (κ3) is 4.41. The molecule has 8 aromatic rings. The largest absolute Gasteiger partial charge is 0.360 e. The van der Waals surface area contributed by atoms with Crippen LogP contribution in [-0.2, 0) is 0 Å². The second-order valence-electron chi connectivity index (χ2n) is 9.95. The van der Waals surface area contributed by atoms with Gasteiger partial charge in [-0.3, -0.25) is 4.98 Å². The number of nitrogens with zero attached hydrogens (tertiary/aromatic N) is 2. The normalized spacial score (nSPS) is 11.3. The molecule has 6 heteroatoms. The van der Waals surface area contributed by atoms with E-state index < -0.39 is 0 Å². The van der Waals surface area contributed by atoms with E-state index in [9.17, 15) is 4.39 Å². The number of hydrogen-bond donors (Lipinski definition) is 2. The molecule has 0 atom stereocenters. The molecule has 0 fully saturated rings. The van der Waals surface area contributed by atoms with Crippen LogP contribution in [0.2, 0.25) is 5.02 Å². The van der Waals surface area contributed by atoms with E-state index in [4.69, 9.17) is 11.6 Å². The van der Waals surface area contributed by atoms with E-state index >= 15 is 0 Å². The third-order valence-corrected chi connectivity index (χ3v) is 7.78. The van der Waals surface area contributed by atoms with Gasteiger partial charge in [-0.15, -0.1) is 0 Å². The maximum absolute atomic E-state index is 14.2. The lowest BCUT2D eigenvalue weighted by Gasteiger charge is -2.04. The van der Waals surface area contributed by atoms with E-state index in [0.717, 1.165) is 27.9 Å². The van der Waals surface area contributed by atoms with Crippen LogP contribution in [0.5, 0.6) is 0 Å². The lowest BCUT2D eigenvalue weighted by atomic mass is 10.0. The minimum absolute atomic E-state index is 0.305. The molecule has 0 saturated carbocycles. The first-order chi connectivity index (χ1) is 20.1. The number of aromatic nitrogens is 4. The van der Waals surface area contributed by atoms with Crippen LogP contribution in [0.25, 0.3) is 66.0 Å². The predicted octanol–water partition coefficient (Wildman–Crippen LogP) is 9.87. The number of benzene rings is 4. The lowest BCUT2D eigenvalue weighted by molar-refractivity contribution is 0.640. The molecule has 41 heavy (non-hydrogen) atoms. The van der Waals surface area contributed by atoms with Gasteiger partial charge in [-0.05, 0) is 48.2 Å². The van der Waals surface area contributed by atoms with Crippen molar-refractivity contribution in [1.82, 2.24) is 19.9 Å². The number of aryl methyl sites for hydroxylation is 1. The Hall–Kier alpha value is -5.00. The van der Waals surface area contributed by atoms with Gasteiger partial charge in [-0.2, -0.15) is 0 Å². The monoisotopic (exact) mass is 554 g/mol. The van der Waals surface area contributed by atoms with Crippen LogP contribution in [0.15, 0.2) is 116 Å². The van der Waals surface area contributed by atoms with Crippen molar-refractivity contribution in [2.24, 2.45) is 0 Å². The van der Waals surface area contributed by atoms with Crippen LogP contribution in [0.3, 0.4) is 0 Å². The average Bonchev–Trinajstić information content (AvgIpc) is 3.66. The number of para-hydroxylation sites is 2. The van der Waals surface area contributed by atoms with Gasteiger partial charge in [0.15, 0.2) is 0 Å². The molecule has 8 rings (SSSR count). The van der Waals surface area contributed by atoms with Crippen LogP contribution in [-0.4, -0.2) is 19.9 Å². The van der Waals surface area contributed by atoms with Crippen molar-refractivity contribution >= 4 is 55.1 Å². The number of pyridine rings is 2. The summed E-state index contributed by atoms with van der Waals surface area (Å²) >= 11 is 6.11. The second-order valence-corrected chi connectivity index (χ2v) is 10.4. The van der Waals surface area contributed by atoms with Crippen LogP contribution in [0.4, 0.5) is 4.39 Å². The van der Waals surface area contributed by atoms with Gasteiger partial charge < -0.3 is 9.97 Å². The van der Waals surface area contributed by atoms with E-state index in [0.29, 0.717) is 15.9 Å². The van der Waals surface area contributed by atoms with Gasteiger partial charge in [0.25, 0.3) is 0 Å². The Morgan fingerprint density at radius 3 is 2.34 bits per heavy atom. The van der Waals surface area contributed by atoms with Crippen molar-refractivity contribution in [2.45, 2.75) is 6.92 Å². The minimum atomic E-state index is -0.305. The fraction of sp³-hybridized carbons (Fsp3) is 0.0286. The first-order valence-electron chi connectivity index (χ1n) is 13.3. The number of halogens is 2. The van der Waals surface area contributed by atoms with Crippen molar-refractivity contribution in [1.29, 1.82) is 0 Å². The van der Waals surface area contributed by atoms with Gasteiger partial charge in [0.05, 0.1) is 27.4 Å². The van der Waals surface area contributed by atoms with Crippen molar-refractivity contribution < 1.29 is 4.39 Å². The van der Waals surface area contributed by atoms with E-state index in [1.165, 1.54) is 38.9 Å². The minimum Gasteiger partial charge on any atom is -0.360 e. The van der Waals surface area contributed by atoms with Crippen LogP contribution < -0.4 is 0 Å². The highest BCUT2D eigenvalue weighted by Crippen LogP contribution is 2.35. The maximum atomic E-state index is 14.2. The third-order valence-electron chi connectivity index (χ3n) is 7.46. The quantitative estimate of drug-likeness (QED) is 0.223. The number of rotatable bonds is 2. The highest BCUT2D eigenvalue weighted by atomic mass is 35.5. The summed E-state index contributed by atoms with van der Waals surface area (Å²) in [6, 6.07) is 31.5. The van der Waals surface area contributed by atoms with Crippen molar-refractivity contribution in [3.8, 4) is 22.5 Å². The molecule has 0 aliphatic carbocycles. The molecule has 4 nitrogen and oxygen atoms in total. The van der Waals surface area contributed by atoms with E-state index in [-0.39, 0.29) is 5.82 Å². The molecule has 0 spiro atoms. The Kier molecular flexibility index (Phi) is 6.22. The number of aromatic amines is 2. The molecule has 0 saturated heterocycles. The standard InChI is InChI=1S/C18H14N2.C17H10ClFN2/c1-12-5-4-8-15-16(11-20-17(12)15)18-14-7-3-2-6-13(14)9-10-19-18;18-12-6-7-13(19)16-11(9-20-17(12)16)15-8-5-10-3-1-2-4-14(10)21-15/h2-11,20H,1H3;1-9,20H. The van der Waals surface area contributed by atoms with Crippen LogP contribution >= 0.6 is 11.6 Å². The molecule has 0 unspecified atom stereocenters. The van der Waals surface area contributed by atoms with E-state index in [1.54, 1.807) is 12.3 Å². The summed E-state index contributed by atoms with van der Waals surface area (Å²) in [6.07, 6.45) is 5.69. The van der Waals surface area contributed by atoms with Gasteiger partial charge in [-0.1, -0.05) is 78.3 Å². The Bertz CT molecular complexity index is 2210. The molecule has 0 bridgehead atoms. The molecular weight excluding hydrogens is 531 g/mol. The highest BCUT2D eigenvalue weighted by Gasteiger charge is 2.14. The number of nitrogens with one attached hydrogen (secondary N) is 2. The topological polar surface area (TPSA) is 57.4 Å². The van der Waals surface area contributed by atoms with Crippen molar-refractivity contribution in [2.75, 3.05) is 0 Å². The van der Waals surface area contributed by atoms with E-state index in [2.05, 4.69) is 81.6 Å². The summed E-state index contributed by atoms with van der Waals surface area (Å²) in [5, 5.41) is 5.68. The number of fused-ring (bicyclic) bond motifs is 4. The fourth-order valence-electron chi connectivity index (χ4n) is 5.43. The van der Waals surface area contributed by atoms with Gasteiger partial charge in [-0.25, -0.2) is 9.37 Å². The summed E-state index contributed by atoms with van der Waals surface area (Å²) in [6.45, 7) is 2.12. The maximum Gasteiger partial charge on any atom is 0.133 e. The molecule has 4 aromatic heterocycles. The van der Waals surface area contributed by atoms with Crippen LogP contribution in [0.1, 0.15) is 5.56 Å². The lowest BCUT2D eigenvalue weighted by Crippen LogP contribution is -1.85. The molecule has 4 aromatic carbocycles. The molecule has 0 radical (unpaired) electrons. The smallest absolute Gasteiger partial charge is 0.133 e. The summed E-state index contributed by atoms with van der Waals surface area (Å²) in [7, 11) is 0. The molecule has 0 aliphatic heterocycles. The predicted molar refractivity (Wildman–Crippen MR) is 168 cm³/mol. The Morgan fingerprint density at radius 2 is 1.44 bits per heavy atom. The summed E-state index contributed by atoms with van der Waals surface area (Å²) in [5.41, 5.74) is 7.58.